The number of benzene rings is 2. The summed E-state index contributed by atoms with van der Waals surface area (Å²) in [6.45, 7) is 4.41. The molecule has 3 fully saturated rings. The highest BCUT2D eigenvalue weighted by atomic mass is 35.5. The van der Waals surface area contributed by atoms with Gasteiger partial charge in [0, 0.05) is 42.4 Å². The van der Waals surface area contributed by atoms with Gasteiger partial charge in [-0.2, -0.15) is 5.10 Å². The maximum absolute atomic E-state index is 14.3. The number of aromatic nitrogens is 3. The van der Waals surface area contributed by atoms with Crippen LogP contribution in [-0.2, 0) is 17.8 Å². The number of piperidine rings is 1. The zero-order valence-corrected chi connectivity index (χ0v) is 27.3. The predicted octanol–water partition coefficient (Wildman–Crippen LogP) is 7.19. The van der Waals surface area contributed by atoms with E-state index >= 15 is 0 Å². The van der Waals surface area contributed by atoms with Crippen LogP contribution in [-0.4, -0.2) is 56.8 Å². The molecule has 9 heteroatoms. The number of aryl methyl sites for hydroxylation is 1. The average Bonchev–Trinajstić information content (AvgIpc) is 3.57. The van der Waals surface area contributed by atoms with Gasteiger partial charge >= 0.3 is 0 Å². The van der Waals surface area contributed by atoms with Crippen LogP contribution in [0.5, 0.6) is 0 Å². The molecule has 242 valence electrons. The van der Waals surface area contributed by atoms with E-state index in [1.165, 1.54) is 38.2 Å². The van der Waals surface area contributed by atoms with E-state index < -0.39 is 0 Å². The van der Waals surface area contributed by atoms with Gasteiger partial charge in [0.05, 0.1) is 6.04 Å². The summed E-state index contributed by atoms with van der Waals surface area (Å²) in [7, 11) is 0. The first kappa shape index (κ1) is 32.0. The molecule has 2 heterocycles. The van der Waals surface area contributed by atoms with Crippen molar-refractivity contribution in [3.05, 3.63) is 77.1 Å². The molecule has 0 radical (unpaired) electrons. The molecular formula is C36H48ClFN6O. The first-order valence-electron chi connectivity index (χ1n) is 17.0. The van der Waals surface area contributed by atoms with Crippen LogP contribution in [0, 0.1) is 24.1 Å². The molecule has 7 nitrogen and oxygen atoms in total. The normalized spacial score (nSPS) is 23.0. The predicted molar refractivity (Wildman–Crippen MR) is 178 cm³/mol. The number of carbonyl (C=O) groups is 1. The van der Waals surface area contributed by atoms with Crippen molar-refractivity contribution >= 4 is 23.2 Å². The second-order valence-electron chi connectivity index (χ2n) is 13.8. The summed E-state index contributed by atoms with van der Waals surface area (Å²) in [6, 6.07) is 13.2. The number of hydrogen-bond acceptors (Lipinski definition) is 5. The van der Waals surface area contributed by atoms with Gasteiger partial charge in [0.1, 0.15) is 18.5 Å². The molecule has 1 aliphatic heterocycles. The van der Waals surface area contributed by atoms with Gasteiger partial charge in [-0.05, 0) is 118 Å². The summed E-state index contributed by atoms with van der Waals surface area (Å²) in [5.74, 6) is 0.689. The standard InChI is InChI=1S/C36H48ClFN6O/c1-26-21-30(38)11-16-33(26)41-31-12-14-32(15-13-31)42-34(22-27-7-9-29(37)10-8-27)35(45)43-19-17-36(18-20-43,23-44-25-39-24-40-44)28-5-3-2-4-6-28/h7-11,16,21,24-25,28,31-32,34,41-42H,2-6,12-15,17-20,22-23H2,1H3/t31-,32-,34-/m1/s1. The SMILES string of the molecule is Cc1cc(F)ccc1N[C@H]1CC[C@H](N[C@H](Cc2ccc(Cl)cc2)C(=O)N2CCC(Cn3cncn3)(C3CCCCC3)CC2)CC1. The van der Waals surface area contributed by atoms with Crippen molar-refractivity contribution in [2.24, 2.45) is 11.3 Å². The fourth-order valence-electron chi connectivity index (χ4n) is 8.21. The number of amides is 1. The van der Waals surface area contributed by atoms with Gasteiger partial charge < -0.3 is 15.5 Å². The van der Waals surface area contributed by atoms with Crippen LogP contribution >= 0.6 is 11.6 Å². The minimum Gasteiger partial charge on any atom is -0.382 e. The minimum absolute atomic E-state index is 0.165. The minimum atomic E-state index is -0.280. The summed E-state index contributed by atoms with van der Waals surface area (Å²) < 4.78 is 15.6. The van der Waals surface area contributed by atoms with Gasteiger partial charge in [-0.15, -0.1) is 0 Å². The van der Waals surface area contributed by atoms with Crippen molar-refractivity contribution in [1.29, 1.82) is 0 Å². The Balaban J connectivity index is 1.11. The molecule has 3 aromatic rings. The molecule has 45 heavy (non-hydrogen) atoms. The number of rotatable bonds is 10. The van der Waals surface area contributed by atoms with Crippen molar-refractivity contribution in [2.45, 2.75) is 109 Å². The van der Waals surface area contributed by atoms with Crippen LogP contribution in [0.4, 0.5) is 10.1 Å². The summed E-state index contributed by atoms with van der Waals surface area (Å²) in [4.78, 5) is 20.6. The molecule has 2 saturated carbocycles. The van der Waals surface area contributed by atoms with E-state index in [1.54, 1.807) is 12.4 Å². The van der Waals surface area contributed by atoms with E-state index in [0.29, 0.717) is 23.4 Å². The topological polar surface area (TPSA) is 75.1 Å². The van der Waals surface area contributed by atoms with Gasteiger partial charge in [0.25, 0.3) is 0 Å². The summed E-state index contributed by atoms with van der Waals surface area (Å²) in [5, 5.41) is 12.6. The molecule has 0 spiro atoms. The Labute approximate surface area is 272 Å². The lowest BCUT2D eigenvalue weighted by molar-refractivity contribution is -0.137. The van der Waals surface area contributed by atoms with Crippen molar-refractivity contribution in [2.75, 3.05) is 18.4 Å². The summed E-state index contributed by atoms with van der Waals surface area (Å²) in [6.07, 6.45) is 16.6. The Morgan fingerprint density at radius 1 is 1.00 bits per heavy atom. The Hall–Kier alpha value is -2.97. The lowest BCUT2D eigenvalue weighted by Crippen LogP contribution is -2.55. The molecule has 1 saturated heterocycles. The van der Waals surface area contributed by atoms with Crippen LogP contribution in [0.1, 0.15) is 81.8 Å². The molecule has 2 aliphatic carbocycles. The third kappa shape index (κ3) is 8.07. The second kappa shape index (κ2) is 14.6. The van der Waals surface area contributed by atoms with Crippen LogP contribution in [0.3, 0.4) is 0 Å². The molecule has 1 amide bonds. The molecule has 6 rings (SSSR count). The third-order valence-electron chi connectivity index (χ3n) is 10.8. The smallest absolute Gasteiger partial charge is 0.240 e. The van der Waals surface area contributed by atoms with Gasteiger partial charge in [-0.3, -0.25) is 9.48 Å². The molecule has 1 atom stereocenters. The first-order valence-corrected chi connectivity index (χ1v) is 17.4. The van der Waals surface area contributed by atoms with Gasteiger partial charge in [-0.25, -0.2) is 9.37 Å². The Kier molecular flexibility index (Phi) is 10.4. The summed E-state index contributed by atoms with van der Waals surface area (Å²) in [5.41, 5.74) is 3.21. The third-order valence-corrected chi connectivity index (χ3v) is 11.1. The zero-order valence-electron chi connectivity index (χ0n) is 26.6. The van der Waals surface area contributed by atoms with E-state index in [2.05, 4.69) is 25.6 Å². The number of carbonyl (C=O) groups excluding carboxylic acids is 1. The largest absolute Gasteiger partial charge is 0.382 e. The molecule has 3 aliphatic rings. The van der Waals surface area contributed by atoms with Gasteiger partial charge in [0.15, 0.2) is 0 Å². The highest BCUT2D eigenvalue weighted by Gasteiger charge is 2.44. The fourth-order valence-corrected chi connectivity index (χ4v) is 8.34. The first-order chi connectivity index (χ1) is 21.9. The van der Waals surface area contributed by atoms with Crippen LogP contribution in [0.25, 0.3) is 0 Å². The number of nitrogens with zero attached hydrogens (tertiary/aromatic N) is 4. The molecule has 2 N–H and O–H groups in total. The second-order valence-corrected chi connectivity index (χ2v) is 14.3. The molecule has 0 bridgehead atoms. The van der Waals surface area contributed by atoms with E-state index in [4.69, 9.17) is 11.6 Å². The molecule has 2 aromatic carbocycles. The zero-order chi connectivity index (χ0) is 31.2. The monoisotopic (exact) mass is 634 g/mol. The van der Waals surface area contributed by atoms with Gasteiger partial charge in [0.2, 0.25) is 5.91 Å². The van der Waals surface area contributed by atoms with E-state index in [9.17, 15) is 9.18 Å². The number of halogens is 2. The molecule has 0 unspecified atom stereocenters. The van der Waals surface area contributed by atoms with E-state index in [-0.39, 0.29) is 29.2 Å². The quantitative estimate of drug-likeness (QED) is 0.247. The number of nitrogens with one attached hydrogen (secondary N) is 2. The van der Waals surface area contributed by atoms with Crippen LogP contribution < -0.4 is 10.6 Å². The highest BCUT2D eigenvalue weighted by molar-refractivity contribution is 6.30. The van der Waals surface area contributed by atoms with Crippen LogP contribution in [0.2, 0.25) is 5.02 Å². The lowest BCUT2D eigenvalue weighted by atomic mass is 9.63. The molecular weight excluding hydrogens is 587 g/mol. The summed E-state index contributed by atoms with van der Waals surface area (Å²) >= 11 is 6.19. The lowest BCUT2D eigenvalue weighted by Gasteiger charge is -2.48. The number of anilines is 1. The van der Waals surface area contributed by atoms with Crippen molar-refractivity contribution in [3.63, 3.8) is 0 Å². The Morgan fingerprint density at radius 2 is 1.71 bits per heavy atom. The Morgan fingerprint density at radius 3 is 2.38 bits per heavy atom. The number of likely N-dealkylation sites (tertiary alicyclic amines) is 1. The Bertz CT molecular complexity index is 1380. The molecule has 1 aromatic heterocycles. The number of hydrogen-bond donors (Lipinski definition) is 2. The highest BCUT2D eigenvalue weighted by Crippen LogP contribution is 2.47. The average molecular weight is 635 g/mol. The van der Waals surface area contributed by atoms with E-state index in [1.807, 2.05) is 48.3 Å². The maximum atomic E-state index is 14.3. The maximum Gasteiger partial charge on any atom is 0.240 e. The van der Waals surface area contributed by atoms with Crippen molar-refractivity contribution in [3.8, 4) is 0 Å². The van der Waals surface area contributed by atoms with E-state index in [0.717, 1.165) is 75.0 Å². The van der Waals surface area contributed by atoms with Crippen LogP contribution in [0.15, 0.2) is 55.1 Å². The van der Waals surface area contributed by atoms with Gasteiger partial charge in [-0.1, -0.05) is 43.0 Å². The van der Waals surface area contributed by atoms with Crippen molar-refractivity contribution < 1.29 is 9.18 Å². The van der Waals surface area contributed by atoms with Crippen molar-refractivity contribution in [1.82, 2.24) is 25.0 Å². The fraction of sp³-hybridized carbons (Fsp3) is 0.583.